The van der Waals surface area contributed by atoms with Crippen molar-refractivity contribution in [2.75, 3.05) is 0 Å². The molecule has 5 heteroatoms. The second-order valence-electron chi connectivity index (χ2n) is 7.89. The van der Waals surface area contributed by atoms with Crippen molar-refractivity contribution >= 4 is 5.97 Å². The van der Waals surface area contributed by atoms with Crippen molar-refractivity contribution in [2.24, 2.45) is 5.92 Å². The van der Waals surface area contributed by atoms with Crippen molar-refractivity contribution in [2.45, 2.75) is 64.0 Å². The van der Waals surface area contributed by atoms with Crippen molar-refractivity contribution in [3.63, 3.8) is 0 Å². The van der Waals surface area contributed by atoms with E-state index >= 15 is 0 Å². The average Bonchev–Trinajstić information content (AvgIpc) is 2.73. The molecule has 0 aromatic heterocycles. The number of hydrogen-bond acceptors (Lipinski definition) is 2. The molecule has 0 spiro atoms. The van der Waals surface area contributed by atoms with Gasteiger partial charge in [-0.2, -0.15) is 13.2 Å². The van der Waals surface area contributed by atoms with E-state index < -0.39 is 12.1 Å². The van der Waals surface area contributed by atoms with Crippen LogP contribution in [0.15, 0.2) is 48.5 Å². The van der Waals surface area contributed by atoms with Crippen LogP contribution in [-0.4, -0.2) is 12.1 Å². The molecule has 0 bridgehead atoms. The van der Waals surface area contributed by atoms with E-state index in [1.807, 2.05) is 0 Å². The van der Waals surface area contributed by atoms with Gasteiger partial charge in [-0.3, -0.25) is 0 Å². The van der Waals surface area contributed by atoms with Gasteiger partial charge in [0, 0.05) is 0 Å². The first-order valence-electron chi connectivity index (χ1n) is 10.4. The molecule has 1 saturated carbocycles. The summed E-state index contributed by atoms with van der Waals surface area (Å²) in [4.78, 5) is 10.9. The SMILES string of the molecule is CCCCC1CCC(c2ccc(-c3ccc(OC(=O)C(F)(F)F)cc3)cc2)CC1. The van der Waals surface area contributed by atoms with Gasteiger partial charge >= 0.3 is 12.1 Å². The molecule has 0 atom stereocenters. The van der Waals surface area contributed by atoms with Crippen LogP contribution in [0.25, 0.3) is 11.1 Å². The van der Waals surface area contributed by atoms with Gasteiger partial charge in [0.25, 0.3) is 0 Å². The van der Waals surface area contributed by atoms with E-state index in [2.05, 4.69) is 35.9 Å². The van der Waals surface area contributed by atoms with E-state index in [0.29, 0.717) is 5.92 Å². The van der Waals surface area contributed by atoms with Gasteiger partial charge in [-0.05, 0) is 66.3 Å². The summed E-state index contributed by atoms with van der Waals surface area (Å²) in [5.41, 5.74) is 3.21. The lowest BCUT2D eigenvalue weighted by atomic mass is 9.77. The maximum atomic E-state index is 12.3. The van der Waals surface area contributed by atoms with Crippen LogP contribution in [0, 0.1) is 5.92 Å². The normalized spacial score (nSPS) is 19.7. The number of carbonyl (C=O) groups is 1. The average molecular weight is 404 g/mol. The molecule has 0 saturated heterocycles. The van der Waals surface area contributed by atoms with Crippen LogP contribution in [0.1, 0.15) is 63.4 Å². The third-order valence-electron chi connectivity index (χ3n) is 5.82. The van der Waals surface area contributed by atoms with Crippen LogP contribution in [0.5, 0.6) is 5.75 Å². The van der Waals surface area contributed by atoms with Gasteiger partial charge in [0.2, 0.25) is 0 Å². The molecule has 2 aromatic carbocycles. The smallest absolute Gasteiger partial charge is 0.420 e. The molecule has 1 aliphatic carbocycles. The lowest BCUT2D eigenvalue weighted by Crippen LogP contribution is -2.27. The Labute approximate surface area is 170 Å². The first-order valence-corrected chi connectivity index (χ1v) is 10.4. The van der Waals surface area contributed by atoms with Gasteiger partial charge in [0.1, 0.15) is 5.75 Å². The predicted octanol–water partition coefficient (Wildman–Crippen LogP) is 7.29. The molecule has 0 radical (unpaired) electrons. The minimum absolute atomic E-state index is 0.118. The molecule has 0 unspecified atom stereocenters. The molecular formula is C24H27F3O2. The van der Waals surface area contributed by atoms with Crippen molar-refractivity contribution in [1.82, 2.24) is 0 Å². The maximum Gasteiger partial charge on any atom is 0.491 e. The highest BCUT2D eigenvalue weighted by Gasteiger charge is 2.41. The van der Waals surface area contributed by atoms with Crippen LogP contribution in [-0.2, 0) is 4.79 Å². The van der Waals surface area contributed by atoms with E-state index in [0.717, 1.165) is 17.0 Å². The summed E-state index contributed by atoms with van der Waals surface area (Å²) in [6.45, 7) is 2.25. The number of benzene rings is 2. The summed E-state index contributed by atoms with van der Waals surface area (Å²) >= 11 is 0. The molecule has 2 nitrogen and oxygen atoms in total. The highest BCUT2D eigenvalue weighted by atomic mass is 19.4. The van der Waals surface area contributed by atoms with Gasteiger partial charge in [-0.25, -0.2) is 4.79 Å². The van der Waals surface area contributed by atoms with E-state index in [4.69, 9.17) is 0 Å². The third kappa shape index (κ3) is 5.84. The monoisotopic (exact) mass is 404 g/mol. The predicted molar refractivity (Wildman–Crippen MR) is 108 cm³/mol. The van der Waals surface area contributed by atoms with Gasteiger partial charge in [-0.1, -0.05) is 62.6 Å². The van der Waals surface area contributed by atoms with Crippen LogP contribution < -0.4 is 4.74 Å². The Hall–Kier alpha value is -2.30. The molecule has 0 aliphatic heterocycles. The summed E-state index contributed by atoms with van der Waals surface area (Å²) in [7, 11) is 0. The molecule has 29 heavy (non-hydrogen) atoms. The quantitative estimate of drug-likeness (QED) is 0.373. The number of unbranched alkanes of at least 4 members (excludes halogenated alkanes) is 1. The molecule has 2 aromatic rings. The second kappa shape index (κ2) is 9.47. The standard InChI is InChI=1S/C24H27F3O2/c1-2-3-4-17-5-7-18(8-6-17)19-9-11-20(12-10-19)21-13-15-22(16-14-21)29-23(28)24(25,26)27/h9-18H,2-8H2,1H3. The first kappa shape index (κ1) is 21.4. The largest absolute Gasteiger partial charge is 0.491 e. The number of carbonyl (C=O) groups excluding carboxylic acids is 1. The fraction of sp³-hybridized carbons (Fsp3) is 0.458. The summed E-state index contributed by atoms with van der Waals surface area (Å²) in [6, 6.07) is 14.5. The summed E-state index contributed by atoms with van der Waals surface area (Å²) < 4.78 is 41.2. The van der Waals surface area contributed by atoms with E-state index in [9.17, 15) is 18.0 Å². The molecule has 156 valence electrons. The Bertz CT molecular complexity index is 786. The number of hydrogen-bond donors (Lipinski definition) is 0. The van der Waals surface area contributed by atoms with Crippen LogP contribution in [0.2, 0.25) is 0 Å². The van der Waals surface area contributed by atoms with E-state index in [1.54, 1.807) is 12.1 Å². The summed E-state index contributed by atoms with van der Waals surface area (Å²) in [5.74, 6) is -0.826. The van der Waals surface area contributed by atoms with Gasteiger partial charge in [0.15, 0.2) is 0 Å². The van der Waals surface area contributed by atoms with Crippen LogP contribution in [0.3, 0.4) is 0 Å². The lowest BCUT2D eigenvalue weighted by molar-refractivity contribution is -0.189. The lowest BCUT2D eigenvalue weighted by Gasteiger charge is -2.29. The molecule has 1 fully saturated rings. The van der Waals surface area contributed by atoms with Gasteiger partial charge < -0.3 is 4.74 Å². The molecule has 0 N–H and O–H groups in total. The highest BCUT2D eigenvalue weighted by Crippen LogP contribution is 2.38. The number of rotatable bonds is 6. The Morgan fingerprint density at radius 1 is 0.931 bits per heavy atom. The van der Waals surface area contributed by atoms with E-state index in [-0.39, 0.29) is 5.75 Å². The zero-order valence-electron chi connectivity index (χ0n) is 16.7. The van der Waals surface area contributed by atoms with Crippen molar-refractivity contribution < 1.29 is 22.7 Å². The van der Waals surface area contributed by atoms with Gasteiger partial charge in [0.05, 0.1) is 0 Å². The van der Waals surface area contributed by atoms with Crippen LogP contribution >= 0.6 is 0 Å². The topological polar surface area (TPSA) is 26.3 Å². The fourth-order valence-corrected chi connectivity index (χ4v) is 4.11. The molecular weight excluding hydrogens is 377 g/mol. The van der Waals surface area contributed by atoms with Crippen molar-refractivity contribution in [3.8, 4) is 16.9 Å². The molecule has 1 aliphatic rings. The number of esters is 1. The fourth-order valence-electron chi connectivity index (χ4n) is 4.11. The summed E-state index contributed by atoms with van der Waals surface area (Å²) in [5, 5.41) is 0. The molecule has 0 amide bonds. The number of alkyl halides is 3. The zero-order chi connectivity index (χ0) is 20.9. The second-order valence-corrected chi connectivity index (χ2v) is 7.89. The first-order chi connectivity index (χ1) is 13.9. The zero-order valence-corrected chi connectivity index (χ0v) is 16.7. The Morgan fingerprint density at radius 3 is 2.00 bits per heavy atom. The number of ether oxygens (including phenoxy) is 1. The highest BCUT2D eigenvalue weighted by molar-refractivity contribution is 5.78. The molecule has 3 rings (SSSR count). The van der Waals surface area contributed by atoms with E-state index in [1.165, 1.54) is 62.6 Å². The maximum absolute atomic E-state index is 12.3. The molecule has 0 heterocycles. The number of halogens is 3. The van der Waals surface area contributed by atoms with Gasteiger partial charge in [-0.15, -0.1) is 0 Å². The third-order valence-corrected chi connectivity index (χ3v) is 5.82. The Balaban J connectivity index is 1.58. The summed E-state index contributed by atoms with van der Waals surface area (Å²) in [6.07, 6.45) is 4.07. The van der Waals surface area contributed by atoms with Crippen LogP contribution in [0.4, 0.5) is 13.2 Å². The minimum Gasteiger partial charge on any atom is -0.420 e. The van der Waals surface area contributed by atoms with Crippen molar-refractivity contribution in [3.05, 3.63) is 54.1 Å². The van der Waals surface area contributed by atoms with Crippen molar-refractivity contribution in [1.29, 1.82) is 0 Å². The Morgan fingerprint density at radius 2 is 1.48 bits per heavy atom. The minimum atomic E-state index is -5.00. The Kier molecular flexibility index (Phi) is 6.99.